The number of sulfonamides is 1. The summed E-state index contributed by atoms with van der Waals surface area (Å²) >= 11 is 0. The SMILES string of the molecule is O=C(COc1ccc(S(=O)(=O)N2CCCC2)cc1)Nc1ccc(OCc2ccccc2)cc1. The number of rotatable bonds is 9. The van der Waals surface area contributed by atoms with Crippen LogP contribution in [0.5, 0.6) is 11.5 Å². The Morgan fingerprint density at radius 3 is 2.09 bits per heavy atom. The average Bonchev–Trinajstić information content (AvgIpc) is 3.39. The summed E-state index contributed by atoms with van der Waals surface area (Å²) < 4.78 is 37.9. The largest absolute Gasteiger partial charge is 0.489 e. The molecule has 0 spiro atoms. The van der Waals surface area contributed by atoms with Crippen molar-refractivity contribution in [3.05, 3.63) is 84.4 Å². The summed E-state index contributed by atoms with van der Waals surface area (Å²) in [4.78, 5) is 12.4. The van der Waals surface area contributed by atoms with Gasteiger partial charge in [0, 0.05) is 18.8 Å². The maximum atomic E-state index is 12.6. The second-order valence-corrected chi connectivity index (χ2v) is 9.66. The summed E-state index contributed by atoms with van der Waals surface area (Å²) in [5.74, 6) is 0.814. The van der Waals surface area contributed by atoms with Gasteiger partial charge in [0.2, 0.25) is 10.0 Å². The summed E-state index contributed by atoms with van der Waals surface area (Å²) in [6.45, 7) is 1.39. The van der Waals surface area contributed by atoms with Gasteiger partial charge in [0.1, 0.15) is 18.1 Å². The average molecular weight is 467 g/mol. The van der Waals surface area contributed by atoms with E-state index in [4.69, 9.17) is 9.47 Å². The molecule has 4 rings (SSSR count). The number of amides is 1. The zero-order valence-electron chi connectivity index (χ0n) is 18.1. The molecule has 1 heterocycles. The van der Waals surface area contributed by atoms with Gasteiger partial charge in [-0.25, -0.2) is 8.42 Å². The van der Waals surface area contributed by atoms with Gasteiger partial charge in [0.15, 0.2) is 6.61 Å². The van der Waals surface area contributed by atoms with Crippen LogP contribution in [0, 0.1) is 0 Å². The molecule has 3 aromatic carbocycles. The quantitative estimate of drug-likeness (QED) is 0.514. The van der Waals surface area contributed by atoms with Gasteiger partial charge in [-0.3, -0.25) is 4.79 Å². The fourth-order valence-corrected chi connectivity index (χ4v) is 5.02. The van der Waals surface area contributed by atoms with Crippen molar-refractivity contribution in [3.8, 4) is 11.5 Å². The van der Waals surface area contributed by atoms with Crippen LogP contribution in [-0.2, 0) is 21.4 Å². The summed E-state index contributed by atoms with van der Waals surface area (Å²) in [5, 5.41) is 2.76. The lowest BCUT2D eigenvalue weighted by Gasteiger charge is -2.15. The lowest BCUT2D eigenvalue weighted by Crippen LogP contribution is -2.27. The topological polar surface area (TPSA) is 84.9 Å². The van der Waals surface area contributed by atoms with E-state index in [0.29, 0.717) is 36.9 Å². The van der Waals surface area contributed by atoms with Gasteiger partial charge in [0.25, 0.3) is 5.91 Å². The van der Waals surface area contributed by atoms with Crippen LogP contribution >= 0.6 is 0 Å². The predicted octanol–water partition coefficient (Wildman–Crippen LogP) is 4.07. The molecule has 0 bridgehead atoms. The summed E-state index contributed by atoms with van der Waals surface area (Å²) in [7, 11) is -3.46. The first-order valence-electron chi connectivity index (χ1n) is 10.8. The molecular formula is C25H26N2O5S. The summed E-state index contributed by atoms with van der Waals surface area (Å²) in [6, 6.07) is 23.1. The minimum Gasteiger partial charge on any atom is -0.489 e. The van der Waals surface area contributed by atoms with Crippen LogP contribution in [0.3, 0.4) is 0 Å². The van der Waals surface area contributed by atoms with E-state index in [-0.39, 0.29) is 17.4 Å². The van der Waals surface area contributed by atoms with E-state index in [1.165, 1.54) is 16.4 Å². The molecule has 0 aromatic heterocycles. The molecule has 1 aliphatic rings. The number of ether oxygens (including phenoxy) is 2. The van der Waals surface area contributed by atoms with E-state index in [9.17, 15) is 13.2 Å². The molecule has 0 atom stereocenters. The Hall–Kier alpha value is -3.36. The number of anilines is 1. The van der Waals surface area contributed by atoms with E-state index in [1.807, 2.05) is 30.3 Å². The van der Waals surface area contributed by atoms with Crippen molar-refractivity contribution in [1.29, 1.82) is 0 Å². The Labute approximate surface area is 194 Å². The molecule has 7 nitrogen and oxygen atoms in total. The standard InChI is InChI=1S/C25H26N2O5S/c28-25(26-21-8-10-22(11-9-21)31-18-20-6-2-1-3-7-20)19-32-23-12-14-24(15-13-23)33(29,30)27-16-4-5-17-27/h1-3,6-15H,4-5,16-19H2,(H,26,28). The van der Waals surface area contributed by atoms with Crippen molar-refractivity contribution in [1.82, 2.24) is 4.31 Å². The first-order valence-corrected chi connectivity index (χ1v) is 12.2. The van der Waals surface area contributed by atoms with Crippen LogP contribution in [0.25, 0.3) is 0 Å². The molecule has 0 aliphatic carbocycles. The lowest BCUT2D eigenvalue weighted by atomic mass is 10.2. The highest BCUT2D eigenvalue weighted by Gasteiger charge is 2.26. The van der Waals surface area contributed by atoms with Crippen molar-refractivity contribution in [2.75, 3.05) is 25.0 Å². The third-order valence-electron chi connectivity index (χ3n) is 5.28. The fraction of sp³-hybridized carbons (Fsp3) is 0.240. The third-order valence-corrected chi connectivity index (χ3v) is 7.20. The van der Waals surface area contributed by atoms with E-state index >= 15 is 0 Å². The smallest absolute Gasteiger partial charge is 0.262 e. The monoisotopic (exact) mass is 466 g/mol. The van der Waals surface area contributed by atoms with Gasteiger partial charge in [-0.05, 0) is 66.9 Å². The Morgan fingerprint density at radius 1 is 0.818 bits per heavy atom. The molecule has 1 fully saturated rings. The number of carbonyl (C=O) groups is 1. The molecule has 3 aromatic rings. The van der Waals surface area contributed by atoms with Crippen LogP contribution in [0.2, 0.25) is 0 Å². The van der Waals surface area contributed by atoms with Gasteiger partial charge in [-0.15, -0.1) is 0 Å². The van der Waals surface area contributed by atoms with Gasteiger partial charge < -0.3 is 14.8 Å². The van der Waals surface area contributed by atoms with Crippen molar-refractivity contribution in [2.45, 2.75) is 24.3 Å². The molecule has 172 valence electrons. The normalized spacial score (nSPS) is 14.1. The van der Waals surface area contributed by atoms with Crippen molar-refractivity contribution >= 4 is 21.6 Å². The summed E-state index contributed by atoms with van der Waals surface area (Å²) in [6.07, 6.45) is 1.78. The number of benzene rings is 3. The summed E-state index contributed by atoms with van der Waals surface area (Å²) in [5.41, 5.74) is 1.71. The third kappa shape index (κ3) is 6.12. The van der Waals surface area contributed by atoms with Crippen molar-refractivity contribution in [3.63, 3.8) is 0 Å². The highest BCUT2D eigenvalue weighted by atomic mass is 32.2. The van der Waals surface area contributed by atoms with E-state index in [0.717, 1.165) is 18.4 Å². The minimum absolute atomic E-state index is 0.190. The fourth-order valence-electron chi connectivity index (χ4n) is 3.51. The predicted molar refractivity (Wildman–Crippen MR) is 126 cm³/mol. The van der Waals surface area contributed by atoms with Crippen LogP contribution < -0.4 is 14.8 Å². The minimum atomic E-state index is -3.46. The number of carbonyl (C=O) groups excluding carboxylic acids is 1. The molecule has 33 heavy (non-hydrogen) atoms. The number of hydrogen-bond acceptors (Lipinski definition) is 5. The molecule has 1 saturated heterocycles. The Kier molecular flexibility index (Phi) is 7.26. The van der Waals surface area contributed by atoms with Crippen LogP contribution in [0.15, 0.2) is 83.8 Å². The first kappa shape index (κ1) is 22.8. The van der Waals surface area contributed by atoms with Crippen LogP contribution in [0.4, 0.5) is 5.69 Å². The Balaban J connectivity index is 1.24. The second kappa shape index (κ2) is 10.5. The van der Waals surface area contributed by atoms with Gasteiger partial charge in [0.05, 0.1) is 4.90 Å². The molecular weight excluding hydrogens is 440 g/mol. The first-order chi connectivity index (χ1) is 16.0. The number of nitrogens with zero attached hydrogens (tertiary/aromatic N) is 1. The van der Waals surface area contributed by atoms with Crippen LogP contribution in [0.1, 0.15) is 18.4 Å². The van der Waals surface area contributed by atoms with E-state index in [1.54, 1.807) is 36.4 Å². The molecule has 0 unspecified atom stereocenters. The highest BCUT2D eigenvalue weighted by Crippen LogP contribution is 2.23. The van der Waals surface area contributed by atoms with Crippen LogP contribution in [-0.4, -0.2) is 38.3 Å². The molecule has 1 aliphatic heterocycles. The van der Waals surface area contributed by atoms with Gasteiger partial charge in [-0.2, -0.15) is 4.31 Å². The molecule has 8 heteroatoms. The maximum absolute atomic E-state index is 12.6. The molecule has 0 radical (unpaired) electrons. The molecule has 1 N–H and O–H groups in total. The van der Waals surface area contributed by atoms with E-state index < -0.39 is 10.0 Å². The van der Waals surface area contributed by atoms with Crippen molar-refractivity contribution in [2.24, 2.45) is 0 Å². The second-order valence-electron chi connectivity index (χ2n) is 7.72. The van der Waals surface area contributed by atoms with Gasteiger partial charge in [-0.1, -0.05) is 30.3 Å². The Morgan fingerprint density at radius 2 is 1.42 bits per heavy atom. The highest BCUT2D eigenvalue weighted by molar-refractivity contribution is 7.89. The number of nitrogens with one attached hydrogen (secondary N) is 1. The van der Waals surface area contributed by atoms with Gasteiger partial charge >= 0.3 is 0 Å². The zero-order valence-corrected chi connectivity index (χ0v) is 19.0. The Bertz CT molecular complexity index is 1160. The zero-order chi connectivity index (χ0) is 23.1. The number of hydrogen-bond donors (Lipinski definition) is 1. The lowest BCUT2D eigenvalue weighted by molar-refractivity contribution is -0.118. The molecule has 0 saturated carbocycles. The molecule has 1 amide bonds. The maximum Gasteiger partial charge on any atom is 0.262 e. The van der Waals surface area contributed by atoms with E-state index in [2.05, 4.69) is 5.32 Å². The van der Waals surface area contributed by atoms with Crippen molar-refractivity contribution < 1.29 is 22.7 Å².